The minimum Gasteiger partial charge on any atom is -0.370 e. The summed E-state index contributed by atoms with van der Waals surface area (Å²) in [7, 11) is 0. The molecule has 0 aliphatic heterocycles. The van der Waals surface area contributed by atoms with Crippen molar-refractivity contribution in [1.29, 1.82) is 0 Å². The zero-order chi connectivity index (χ0) is 12.1. The standard InChI is InChI=1S/C11H20N4O/c1-8(2)15-5-4-10(14-15)7-13-9(3)6-11(12)16/h4-5,8-9,13H,6-7H2,1-3H3,(H2,12,16). The molecule has 1 aromatic rings. The van der Waals surface area contributed by atoms with Crippen LogP contribution in [0.4, 0.5) is 0 Å². The number of amides is 1. The third-order valence-corrected chi connectivity index (χ3v) is 2.33. The fourth-order valence-electron chi connectivity index (χ4n) is 1.41. The number of nitrogens with two attached hydrogens (primary N) is 1. The van der Waals surface area contributed by atoms with Crippen LogP contribution in [0.5, 0.6) is 0 Å². The first kappa shape index (κ1) is 12.7. The van der Waals surface area contributed by atoms with Crippen molar-refractivity contribution in [3.05, 3.63) is 18.0 Å². The number of carbonyl (C=O) groups excluding carboxylic acids is 1. The maximum Gasteiger partial charge on any atom is 0.218 e. The molecule has 0 aromatic carbocycles. The van der Waals surface area contributed by atoms with Crippen LogP contribution in [0.25, 0.3) is 0 Å². The number of hydrogen-bond donors (Lipinski definition) is 2. The van der Waals surface area contributed by atoms with Gasteiger partial charge in [-0.3, -0.25) is 9.48 Å². The summed E-state index contributed by atoms with van der Waals surface area (Å²) in [4.78, 5) is 10.7. The molecule has 3 N–H and O–H groups in total. The summed E-state index contributed by atoms with van der Waals surface area (Å²) in [5, 5.41) is 7.60. The van der Waals surface area contributed by atoms with Crippen molar-refractivity contribution in [3.63, 3.8) is 0 Å². The Morgan fingerprint density at radius 1 is 1.56 bits per heavy atom. The SMILES string of the molecule is CC(CC(N)=O)NCc1ccn(C(C)C)n1. The molecule has 0 bridgehead atoms. The molecule has 0 fully saturated rings. The lowest BCUT2D eigenvalue weighted by molar-refractivity contribution is -0.118. The van der Waals surface area contributed by atoms with Gasteiger partial charge in [-0.15, -0.1) is 0 Å². The summed E-state index contributed by atoms with van der Waals surface area (Å²) in [6.07, 6.45) is 2.31. The molecule has 0 saturated carbocycles. The van der Waals surface area contributed by atoms with E-state index in [0.29, 0.717) is 19.0 Å². The van der Waals surface area contributed by atoms with Gasteiger partial charge in [0.15, 0.2) is 0 Å². The zero-order valence-electron chi connectivity index (χ0n) is 10.1. The van der Waals surface area contributed by atoms with Gasteiger partial charge in [0.2, 0.25) is 5.91 Å². The highest BCUT2D eigenvalue weighted by Gasteiger charge is 2.07. The number of primary amides is 1. The molecule has 1 rings (SSSR count). The Hall–Kier alpha value is -1.36. The maximum atomic E-state index is 10.7. The van der Waals surface area contributed by atoms with Crippen LogP contribution in [0, 0.1) is 0 Å². The first-order valence-corrected chi connectivity index (χ1v) is 5.54. The zero-order valence-corrected chi connectivity index (χ0v) is 10.1. The lowest BCUT2D eigenvalue weighted by atomic mass is 10.2. The van der Waals surface area contributed by atoms with Crippen LogP contribution in [0.3, 0.4) is 0 Å². The normalized spacial score (nSPS) is 13.0. The molecule has 90 valence electrons. The molecular weight excluding hydrogens is 204 g/mol. The fourth-order valence-corrected chi connectivity index (χ4v) is 1.41. The number of hydrogen-bond acceptors (Lipinski definition) is 3. The number of carbonyl (C=O) groups is 1. The Balaban J connectivity index is 2.39. The van der Waals surface area contributed by atoms with Gasteiger partial charge in [0.1, 0.15) is 0 Å². The van der Waals surface area contributed by atoms with Crippen molar-refractivity contribution < 1.29 is 4.79 Å². The largest absolute Gasteiger partial charge is 0.370 e. The van der Waals surface area contributed by atoms with Gasteiger partial charge in [0, 0.05) is 31.2 Å². The Bertz CT molecular complexity index is 346. The molecule has 1 aromatic heterocycles. The molecule has 5 nitrogen and oxygen atoms in total. The van der Waals surface area contributed by atoms with Gasteiger partial charge in [0.05, 0.1) is 5.69 Å². The minimum atomic E-state index is -0.285. The predicted molar refractivity (Wildman–Crippen MR) is 62.7 cm³/mol. The molecule has 1 atom stereocenters. The third-order valence-electron chi connectivity index (χ3n) is 2.33. The topological polar surface area (TPSA) is 72.9 Å². The summed E-state index contributed by atoms with van der Waals surface area (Å²) in [6.45, 7) is 6.76. The van der Waals surface area contributed by atoms with Crippen molar-refractivity contribution >= 4 is 5.91 Å². The molecule has 5 heteroatoms. The van der Waals surface area contributed by atoms with E-state index >= 15 is 0 Å². The van der Waals surface area contributed by atoms with Crippen molar-refractivity contribution in [2.24, 2.45) is 5.73 Å². The summed E-state index contributed by atoms with van der Waals surface area (Å²) in [5.74, 6) is -0.285. The molecule has 1 unspecified atom stereocenters. The van der Waals surface area contributed by atoms with E-state index in [1.165, 1.54) is 0 Å². The van der Waals surface area contributed by atoms with Crippen molar-refractivity contribution in [2.75, 3.05) is 0 Å². The smallest absolute Gasteiger partial charge is 0.218 e. The highest BCUT2D eigenvalue weighted by Crippen LogP contribution is 2.04. The molecule has 0 radical (unpaired) electrons. The molecule has 1 amide bonds. The summed E-state index contributed by atoms with van der Waals surface area (Å²) >= 11 is 0. The van der Waals surface area contributed by atoms with Gasteiger partial charge < -0.3 is 11.1 Å². The third kappa shape index (κ3) is 4.02. The summed E-state index contributed by atoms with van der Waals surface area (Å²) in [6, 6.07) is 2.43. The van der Waals surface area contributed by atoms with E-state index in [1.807, 2.05) is 23.9 Å². The van der Waals surface area contributed by atoms with Crippen LogP contribution in [-0.2, 0) is 11.3 Å². The van der Waals surface area contributed by atoms with Crippen molar-refractivity contribution in [1.82, 2.24) is 15.1 Å². The number of aromatic nitrogens is 2. The lowest BCUT2D eigenvalue weighted by Gasteiger charge is -2.10. The average Bonchev–Trinajstić information content (AvgIpc) is 2.61. The van der Waals surface area contributed by atoms with Crippen LogP contribution in [0.1, 0.15) is 38.9 Å². The first-order chi connectivity index (χ1) is 7.49. The van der Waals surface area contributed by atoms with Crippen molar-refractivity contribution in [2.45, 2.75) is 45.8 Å². The Kier molecular flexibility index (Phi) is 4.49. The Morgan fingerprint density at radius 3 is 2.75 bits per heavy atom. The molecule has 0 spiro atoms. The van der Waals surface area contributed by atoms with Crippen LogP contribution in [0.2, 0.25) is 0 Å². The van der Waals surface area contributed by atoms with Crippen LogP contribution >= 0.6 is 0 Å². The maximum absolute atomic E-state index is 10.7. The molecule has 0 aliphatic rings. The lowest BCUT2D eigenvalue weighted by Crippen LogP contribution is -2.30. The predicted octanol–water partition coefficient (Wildman–Crippen LogP) is 0.817. The van der Waals surface area contributed by atoms with Crippen molar-refractivity contribution in [3.8, 4) is 0 Å². The fraction of sp³-hybridized carbons (Fsp3) is 0.636. The minimum absolute atomic E-state index is 0.0849. The number of rotatable bonds is 6. The molecule has 1 heterocycles. The van der Waals surface area contributed by atoms with Gasteiger partial charge in [-0.2, -0.15) is 5.10 Å². The highest BCUT2D eigenvalue weighted by molar-refractivity contribution is 5.74. The van der Waals surface area contributed by atoms with E-state index in [4.69, 9.17) is 5.73 Å². The van der Waals surface area contributed by atoms with E-state index in [1.54, 1.807) is 0 Å². The van der Waals surface area contributed by atoms with E-state index in [-0.39, 0.29) is 11.9 Å². The monoisotopic (exact) mass is 224 g/mol. The molecule has 16 heavy (non-hydrogen) atoms. The van der Waals surface area contributed by atoms with Crippen LogP contribution < -0.4 is 11.1 Å². The van der Waals surface area contributed by atoms with E-state index < -0.39 is 0 Å². The Morgan fingerprint density at radius 2 is 2.25 bits per heavy atom. The van der Waals surface area contributed by atoms with Gasteiger partial charge in [-0.25, -0.2) is 0 Å². The highest BCUT2D eigenvalue weighted by atomic mass is 16.1. The summed E-state index contributed by atoms with van der Waals surface area (Å²) < 4.78 is 1.91. The molecule has 0 saturated heterocycles. The van der Waals surface area contributed by atoms with Gasteiger partial charge in [0.25, 0.3) is 0 Å². The second kappa shape index (κ2) is 5.65. The van der Waals surface area contributed by atoms with Crippen LogP contribution in [-0.4, -0.2) is 21.7 Å². The van der Waals surface area contributed by atoms with Gasteiger partial charge >= 0.3 is 0 Å². The average molecular weight is 224 g/mol. The number of nitrogens with zero attached hydrogens (tertiary/aromatic N) is 2. The summed E-state index contributed by atoms with van der Waals surface area (Å²) in [5.41, 5.74) is 6.08. The first-order valence-electron chi connectivity index (χ1n) is 5.54. The second-order valence-corrected chi connectivity index (χ2v) is 4.33. The molecular formula is C11H20N4O. The van der Waals surface area contributed by atoms with Crippen LogP contribution in [0.15, 0.2) is 12.3 Å². The number of nitrogens with one attached hydrogen (secondary N) is 1. The molecule has 0 aliphatic carbocycles. The van der Waals surface area contributed by atoms with E-state index in [2.05, 4.69) is 24.3 Å². The van der Waals surface area contributed by atoms with E-state index in [0.717, 1.165) is 5.69 Å². The van der Waals surface area contributed by atoms with E-state index in [9.17, 15) is 4.79 Å². The Labute approximate surface area is 96.0 Å². The van der Waals surface area contributed by atoms with Gasteiger partial charge in [-0.05, 0) is 26.8 Å². The quantitative estimate of drug-likeness (QED) is 0.751. The second-order valence-electron chi connectivity index (χ2n) is 4.33. The van der Waals surface area contributed by atoms with Gasteiger partial charge in [-0.1, -0.05) is 0 Å².